The van der Waals surface area contributed by atoms with Crippen LogP contribution in [0.25, 0.3) is 0 Å². The number of aromatic hydroxyl groups is 1. The van der Waals surface area contributed by atoms with Crippen LogP contribution in [0.2, 0.25) is 0 Å². The number of benzene rings is 1. The van der Waals surface area contributed by atoms with Gasteiger partial charge in [0.2, 0.25) is 0 Å². The van der Waals surface area contributed by atoms with Gasteiger partial charge in [-0.15, -0.1) is 12.4 Å². The van der Waals surface area contributed by atoms with E-state index in [0.717, 1.165) is 5.56 Å². The van der Waals surface area contributed by atoms with Gasteiger partial charge < -0.3 is 15.6 Å². The smallest absolute Gasteiger partial charge is 0.172 e. The van der Waals surface area contributed by atoms with E-state index < -0.39 is 0 Å². The topological polar surface area (TPSA) is 55.5 Å². The SMILES string of the molecule is CCOc1cc([C@H](N)C2CC2)cc(Br)c1O.Cl. The van der Waals surface area contributed by atoms with Gasteiger partial charge in [-0.3, -0.25) is 0 Å². The molecular weight excluding hydrogens is 305 g/mol. The Morgan fingerprint density at radius 3 is 2.71 bits per heavy atom. The molecule has 0 bridgehead atoms. The van der Waals surface area contributed by atoms with Gasteiger partial charge in [0.15, 0.2) is 11.5 Å². The van der Waals surface area contributed by atoms with Gasteiger partial charge >= 0.3 is 0 Å². The first-order chi connectivity index (χ1) is 7.63. The normalized spacial score (nSPS) is 16.2. The molecule has 0 radical (unpaired) electrons. The Morgan fingerprint density at radius 1 is 1.53 bits per heavy atom. The minimum atomic E-state index is 0. The van der Waals surface area contributed by atoms with Crippen molar-refractivity contribution in [3.63, 3.8) is 0 Å². The summed E-state index contributed by atoms with van der Waals surface area (Å²) in [5.74, 6) is 1.24. The molecule has 2 rings (SSSR count). The average molecular weight is 323 g/mol. The molecule has 17 heavy (non-hydrogen) atoms. The van der Waals surface area contributed by atoms with E-state index in [9.17, 15) is 5.11 Å². The molecule has 1 aromatic rings. The van der Waals surface area contributed by atoms with E-state index in [4.69, 9.17) is 10.5 Å². The Hall–Kier alpha value is -0.450. The van der Waals surface area contributed by atoms with E-state index in [-0.39, 0.29) is 24.2 Å². The van der Waals surface area contributed by atoms with Crippen LogP contribution in [-0.2, 0) is 0 Å². The highest BCUT2D eigenvalue weighted by Gasteiger charge is 2.30. The number of ether oxygens (including phenoxy) is 1. The van der Waals surface area contributed by atoms with Gasteiger partial charge in [0.1, 0.15) is 0 Å². The highest BCUT2D eigenvalue weighted by Crippen LogP contribution is 2.43. The summed E-state index contributed by atoms with van der Waals surface area (Å²) in [6.07, 6.45) is 2.40. The van der Waals surface area contributed by atoms with Gasteiger partial charge in [-0.25, -0.2) is 0 Å². The van der Waals surface area contributed by atoms with E-state index in [1.807, 2.05) is 19.1 Å². The first kappa shape index (κ1) is 14.6. The maximum absolute atomic E-state index is 9.78. The molecule has 1 saturated carbocycles. The fraction of sp³-hybridized carbons (Fsp3) is 0.500. The van der Waals surface area contributed by atoms with Crippen LogP contribution in [0.15, 0.2) is 16.6 Å². The largest absolute Gasteiger partial charge is 0.503 e. The van der Waals surface area contributed by atoms with Crippen LogP contribution < -0.4 is 10.5 Å². The number of rotatable bonds is 4. The summed E-state index contributed by atoms with van der Waals surface area (Å²) in [5.41, 5.74) is 7.15. The minimum Gasteiger partial charge on any atom is -0.503 e. The maximum atomic E-state index is 9.78. The third kappa shape index (κ3) is 3.27. The standard InChI is InChI=1S/C12H16BrNO2.ClH/c1-2-16-10-6-8(5-9(13)12(10)15)11(14)7-3-4-7;/h5-7,11,15H,2-4,14H2,1H3;1H/t11-;/m1./s1. The zero-order valence-electron chi connectivity index (χ0n) is 9.65. The van der Waals surface area contributed by atoms with Crippen LogP contribution in [-0.4, -0.2) is 11.7 Å². The zero-order chi connectivity index (χ0) is 11.7. The molecule has 1 aliphatic carbocycles. The zero-order valence-corrected chi connectivity index (χ0v) is 12.1. The Kier molecular flexibility index (Phi) is 5.10. The van der Waals surface area contributed by atoms with Crippen molar-refractivity contribution in [3.8, 4) is 11.5 Å². The van der Waals surface area contributed by atoms with Crippen molar-refractivity contribution in [1.29, 1.82) is 0 Å². The molecule has 0 amide bonds. The first-order valence-electron chi connectivity index (χ1n) is 5.54. The van der Waals surface area contributed by atoms with Crippen LogP contribution in [0.5, 0.6) is 11.5 Å². The predicted molar refractivity (Wildman–Crippen MR) is 73.9 cm³/mol. The molecular formula is C12H17BrClNO2. The summed E-state index contributed by atoms with van der Waals surface area (Å²) in [4.78, 5) is 0. The Bertz CT molecular complexity index is 396. The highest BCUT2D eigenvalue weighted by atomic mass is 79.9. The van der Waals surface area contributed by atoms with E-state index in [1.54, 1.807) is 0 Å². The third-order valence-corrected chi connectivity index (χ3v) is 3.47. The van der Waals surface area contributed by atoms with Crippen molar-refractivity contribution in [2.75, 3.05) is 6.61 Å². The molecule has 0 spiro atoms. The van der Waals surface area contributed by atoms with E-state index in [2.05, 4.69) is 15.9 Å². The monoisotopic (exact) mass is 321 g/mol. The molecule has 0 heterocycles. The van der Waals surface area contributed by atoms with E-state index >= 15 is 0 Å². The van der Waals surface area contributed by atoms with Gasteiger partial charge in [-0.1, -0.05) is 0 Å². The Morgan fingerprint density at radius 2 is 2.18 bits per heavy atom. The number of hydrogen-bond donors (Lipinski definition) is 2. The maximum Gasteiger partial charge on any atom is 0.172 e. The van der Waals surface area contributed by atoms with Gasteiger partial charge in [0.25, 0.3) is 0 Å². The molecule has 1 fully saturated rings. The van der Waals surface area contributed by atoms with Crippen LogP contribution in [0.4, 0.5) is 0 Å². The molecule has 0 aromatic heterocycles. The second-order valence-electron chi connectivity index (χ2n) is 4.15. The van der Waals surface area contributed by atoms with Crippen molar-refractivity contribution in [2.45, 2.75) is 25.8 Å². The summed E-state index contributed by atoms with van der Waals surface area (Å²) in [6, 6.07) is 3.77. The number of halogens is 2. The van der Waals surface area contributed by atoms with Gasteiger partial charge in [0, 0.05) is 6.04 Å². The molecule has 5 heteroatoms. The molecule has 1 atom stereocenters. The highest BCUT2D eigenvalue weighted by molar-refractivity contribution is 9.10. The Balaban J connectivity index is 0.00000144. The second-order valence-corrected chi connectivity index (χ2v) is 5.00. The molecule has 1 aliphatic rings. The summed E-state index contributed by atoms with van der Waals surface area (Å²) in [6.45, 7) is 2.42. The molecule has 3 N–H and O–H groups in total. The number of nitrogens with two attached hydrogens (primary N) is 1. The number of phenolic OH excluding ortho intramolecular Hbond substituents is 1. The van der Waals surface area contributed by atoms with E-state index in [0.29, 0.717) is 22.7 Å². The lowest BCUT2D eigenvalue weighted by Gasteiger charge is -2.15. The fourth-order valence-electron chi connectivity index (χ4n) is 1.78. The van der Waals surface area contributed by atoms with Crippen LogP contribution in [0, 0.1) is 5.92 Å². The quantitative estimate of drug-likeness (QED) is 0.893. The van der Waals surface area contributed by atoms with Crippen molar-refractivity contribution < 1.29 is 9.84 Å². The molecule has 3 nitrogen and oxygen atoms in total. The van der Waals surface area contributed by atoms with Gasteiger partial charge in [0.05, 0.1) is 11.1 Å². The van der Waals surface area contributed by atoms with Crippen molar-refractivity contribution in [3.05, 3.63) is 22.2 Å². The Labute approximate surface area is 116 Å². The lowest BCUT2D eigenvalue weighted by atomic mass is 10.0. The lowest BCUT2D eigenvalue weighted by molar-refractivity contribution is 0.316. The second kappa shape index (κ2) is 5.94. The number of phenols is 1. The lowest BCUT2D eigenvalue weighted by Crippen LogP contribution is -2.12. The first-order valence-corrected chi connectivity index (χ1v) is 6.33. The summed E-state index contributed by atoms with van der Waals surface area (Å²) >= 11 is 3.32. The molecule has 0 unspecified atom stereocenters. The fourth-order valence-corrected chi connectivity index (χ4v) is 2.24. The molecule has 96 valence electrons. The molecule has 1 aromatic carbocycles. The van der Waals surface area contributed by atoms with Crippen molar-refractivity contribution in [2.24, 2.45) is 11.7 Å². The van der Waals surface area contributed by atoms with Crippen LogP contribution in [0.3, 0.4) is 0 Å². The van der Waals surface area contributed by atoms with Gasteiger partial charge in [-0.05, 0) is 59.3 Å². The van der Waals surface area contributed by atoms with Crippen molar-refractivity contribution in [1.82, 2.24) is 0 Å². The van der Waals surface area contributed by atoms with Crippen LogP contribution >= 0.6 is 28.3 Å². The van der Waals surface area contributed by atoms with Gasteiger partial charge in [-0.2, -0.15) is 0 Å². The van der Waals surface area contributed by atoms with Crippen molar-refractivity contribution >= 4 is 28.3 Å². The van der Waals surface area contributed by atoms with Crippen LogP contribution in [0.1, 0.15) is 31.4 Å². The summed E-state index contributed by atoms with van der Waals surface area (Å²) < 4.78 is 6.02. The van der Waals surface area contributed by atoms with E-state index in [1.165, 1.54) is 12.8 Å². The number of hydrogen-bond acceptors (Lipinski definition) is 3. The summed E-state index contributed by atoms with van der Waals surface area (Å²) in [7, 11) is 0. The molecule has 0 saturated heterocycles. The average Bonchev–Trinajstić information content (AvgIpc) is 3.07. The summed E-state index contributed by atoms with van der Waals surface area (Å²) in [5, 5.41) is 9.78. The minimum absolute atomic E-state index is 0. The third-order valence-electron chi connectivity index (χ3n) is 2.87. The predicted octanol–water partition coefficient (Wildman–Crippen LogP) is 3.39. The molecule has 0 aliphatic heterocycles.